The van der Waals surface area contributed by atoms with E-state index in [-0.39, 0.29) is 0 Å². The van der Waals surface area contributed by atoms with E-state index in [4.69, 9.17) is 0 Å². The number of hydrogen-bond acceptors (Lipinski definition) is 1. The summed E-state index contributed by atoms with van der Waals surface area (Å²) in [5.41, 5.74) is 0. The van der Waals surface area contributed by atoms with Crippen molar-refractivity contribution >= 4 is 0 Å². The van der Waals surface area contributed by atoms with Gasteiger partial charge in [-0.25, -0.2) is 0 Å². The molecule has 0 spiro atoms. The fourth-order valence-electron chi connectivity index (χ4n) is 0.937. The minimum absolute atomic E-state index is 0.791. The molecule has 0 aliphatic carbocycles. The molecule has 1 nitrogen and oxygen atoms in total. The van der Waals surface area contributed by atoms with Crippen LogP contribution in [0.5, 0.6) is 0 Å². The molecule has 1 atom stereocenters. The molecular weight excluding hydrogens is 226 g/mol. The summed E-state index contributed by atoms with van der Waals surface area (Å²) in [6.45, 7) is 1.80. The van der Waals surface area contributed by atoms with Crippen molar-refractivity contribution in [1.29, 1.82) is 0 Å². The molecule has 0 aromatic heterocycles. The average molecular weight is 238 g/mol. The lowest BCUT2D eigenvalue weighted by atomic mass is 9.98. The fourth-order valence-corrected chi connectivity index (χ4v) is 0.937. The highest BCUT2D eigenvalue weighted by atomic mass is 19.4. The first kappa shape index (κ1) is 14.5. The predicted molar refractivity (Wildman–Crippen MR) is 41.3 cm³/mol. The van der Waals surface area contributed by atoms with Gasteiger partial charge in [-0.3, -0.25) is 0 Å². The molecule has 0 amide bonds. The van der Waals surface area contributed by atoms with E-state index in [2.05, 4.69) is 4.74 Å². The summed E-state index contributed by atoms with van der Waals surface area (Å²) in [7, 11) is 0. The Morgan fingerprint density at radius 2 is 1.40 bits per heavy atom. The van der Waals surface area contributed by atoms with Gasteiger partial charge in [0.1, 0.15) is 0 Å². The molecule has 15 heavy (non-hydrogen) atoms. The van der Waals surface area contributed by atoms with E-state index in [0.717, 1.165) is 20.8 Å². The van der Waals surface area contributed by atoms with Crippen molar-refractivity contribution in [2.24, 2.45) is 5.92 Å². The molecule has 0 bridgehead atoms. The first-order chi connectivity index (χ1) is 6.50. The normalized spacial score (nSPS) is 18.0. The molecule has 0 N–H and O–H groups in total. The van der Waals surface area contributed by atoms with Gasteiger partial charge >= 0.3 is 18.0 Å². The van der Waals surface area contributed by atoms with Crippen LogP contribution in [0.4, 0.5) is 26.3 Å². The van der Waals surface area contributed by atoms with E-state index in [1.165, 1.54) is 0 Å². The Hall–Kier alpha value is -0.460. The van der Waals surface area contributed by atoms with Crippen LogP contribution in [0, 0.1) is 5.92 Å². The van der Waals surface area contributed by atoms with E-state index < -0.39 is 30.5 Å². The minimum atomic E-state index is -5.77. The maximum Gasteiger partial charge on any atom is 0.454 e. The summed E-state index contributed by atoms with van der Waals surface area (Å²) in [6.07, 6.45) is -5.77. The van der Waals surface area contributed by atoms with Crippen molar-refractivity contribution < 1.29 is 31.1 Å². The third-order valence-electron chi connectivity index (χ3n) is 1.86. The van der Waals surface area contributed by atoms with E-state index in [1.807, 2.05) is 0 Å². The lowest BCUT2D eigenvalue weighted by molar-refractivity contribution is -0.406. The zero-order chi connectivity index (χ0) is 12.5. The third kappa shape index (κ3) is 2.38. The van der Waals surface area contributed by atoms with Crippen molar-refractivity contribution in [2.45, 2.75) is 38.7 Å². The van der Waals surface area contributed by atoms with Gasteiger partial charge in [0.25, 0.3) is 0 Å². The van der Waals surface area contributed by atoms with Gasteiger partial charge in [0.2, 0.25) is 0 Å². The van der Waals surface area contributed by atoms with Gasteiger partial charge in [-0.2, -0.15) is 26.3 Å². The SMILES string of the molecule is CCOC(F)(C(F)(F)F)C(F)(F)C(C)C. The Morgan fingerprint density at radius 3 is 1.60 bits per heavy atom. The summed E-state index contributed by atoms with van der Waals surface area (Å²) in [5, 5.41) is 0. The Labute approximate surface area is 83.4 Å². The molecule has 0 aliphatic rings. The lowest BCUT2D eigenvalue weighted by Crippen LogP contribution is -2.59. The highest BCUT2D eigenvalue weighted by molar-refractivity contribution is 4.94. The number of halogens is 6. The first-order valence-corrected chi connectivity index (χ1v) is 4.28. The van der Waals surface area contributed by atoms with Gasteiger partial charge < -0.3 is 4.74 Å². The smallest absolute Gasteiger partial charge is 0.335 e. The molecule has 0 radical (unpaired) electrons. The first-order valence-electron chi connectivity index (χ1n) is 4.28. The van der Waals surface area contributed by atoms with Crippen LogP contribution in [0.3, 0.4) is 0 Å². The molecule has 0 aromatic rings. The van der Waals surface area contributed by atoms with Gasteiger partial charge in [0.15, 0.2) is 0 Å². The summed E-state index contributed by atoms with van der Waals surface area (Å²) in [5.74, 6) is -11.4. The number of rotatable bonds is 4. The standard InChI is InChI=1S/C8H12F6O/c1-4-15-7(11,8(12,13)14)6(9,10)5(2)3/h5H,4H2,1-3H3. The predicted octanol–water partition coefficient (Wildman–Crippen LogP) is 3.54. The molecule has 0 aromatic carbocycles. The molecule has 7 heteroatoms. The van der Waals surface area contributed by atoms with E-state index in [9.17, 15) is 26.3 Å². The topological polar surface area (TPSA) is 9.23 Å². The summed E-state index contributed by atoms with van der Waals surface area (Å²) >= 11 is 0. The van der Waals surface area contributed by atoms with E-state index in [1.54, 1.807) is 0 Å². The van der Waals surface area contributed by atoms with Crippen LogP contribution in [0.2, 0.25) is 0 Å². The highest BCUT2D eigenvalue weighted by Crippen LogP contribution is 2.49. The largest absolute Gasteiger partial charge is 0.454 e. The summed E-state index contributed by atoms with van der Waals surface area (Å²) in [4.78, 5) is 0. The van der Waals surface area contributed by atoms with Crippen molar-refractivity contribution in [1.82, 2.24) is 0 Å². The van der Waals surface area contributed by atoms with Crippen molar-refractivity contribution in [3.8, 4) is 0 Å². The lowest BCUT2D eigenvalue weighted by Gasteiger charge is -2.36. The van der Waals surface area contributed by atoms with Gasteiger partial charge in [0, 0.05) is 12.5 Å². The second-order valence-electron chi connectivity index (χ2n) is 3.30. The van der Waals surface area contributed by atoms with Gasteiger partial charge in [-0.05, 0) is 6.92 Å². The molecule has 92 valence electrons. The van der Waals surface area contributed by atoms with Crippen LogP contribution in [-0.2, 0) is 4.74 Å². The molecule has 0 rings (SSSR count). The van der Waals surface area contributed by atoms with Crippen molar-refractivity contribution in [3.05, 3.63) is 0 Å². The quantitative estimate of drug-likeness (QED) is 0.680. The fraction of sp³-hybridized carbons (Fsp3) is 1.00. The Morgan fingerprint density at radius 1 is 1.00 bits per heavy atom. The van der Waals surface area contributed by atoms with E-state index >= 15 is 0 Å². The van der Waals surface area contributed by atoms with Crippen LogP contribution in [-0.4, -0.2) is 24.6 Å². The molecule has 0 heterocycles. The van der Waals surface area contributed by atoms with Crippen LogP contribution >= 0.6 is 0 Å². The van der Waals surface area contributed by atoms with Crippen molar-refractivity contribution in [2.75, 3.05) is 6.61 Å². The van der Waals surface area contributed by atoms with Crippen molar-refractivity contribution in [3.63, 3.8) is 0 Å². The average Bonchev–Trinajstić information content (AvgIpc) is 2.01. The molecule has 0 saturated carbocycles. The highest BCUT2D eigenvalue weighted by Gasteiger charge is 2.73. The van der Waals surface area contributed by atoms with Gasteiger partial charge in [-0.1, -0.05) is 13.8 Å². The second kappa shape index (κ2) is 4.19. The molecule has 0 saturated heterocycles. The Balaban J connectivity index is 5.29. The van der Waals surface area contributed by atoms with Crippen LogP contribution in [0.15, 0.2) is 0 Å². The van der Waals surface area contributed by atoms with Crippen LogP contribution in [0.25, 0.3) is 0 Å². The summed E-state index contributed by atoms with van der Waals surface area (Å²) < 4.78 is 79.4. The molecule has 0 aliphatic heterocycles. The second-order valence-corrected chi connectivity index (χ2v) is 3.30. The molecule has 1 unspecified atom stereocenters. The minimum Gasteiger partial charge on any atom is -0.335 e. The van der Waals surface area contributed by atoms with Crippen LogP contribution in [0.1, 0.15) is 20.8 Å². The number of ether oxygens (including phenoxy) is 1. The van der Waals surface area contributed by atoms with E-state index in [0.29, 0.717) is 0 Å². The van der Waals surface area contributed by atoms with Gasteiger partial charge in [-0.15, -0.1) is 0 Å². The Bertz CT molecular complexity index is 212. The number of alkyl halides is 6. The summed E-state index contributed by atoms with van der Waals surface area (Å²) in [6, 6.07) is 0. The molecule has 0 fully saturated rings. The molecular formula is C8H12F6O. The van der Waals surface area contributed by atoms with Crippen LogP contribution < -0.4 is 0 Å². The zero-order valence-corrected chi connectivity index (χ0v) is 8.46. The maximum absolute atomic E-state index is 13.2. The Kier molecular flexibility index (Phi) is 4.06. The monoisotopic (exact) mass is 238 g/mol. The third-order valence-corrected chi connectivity index (χ3v) is 1.86. The zero-order valence-electron chi connectivity index (χ0n) is 8.46. The maximum atomic E-state index is 13.2. The number of hydrogen-bond donors (Lipinski definition) is 0. The van der Waals surface area contributed by atoms with Gasteiger partial charge in [0.05, 0.1) is 0 Å².